The number of nitrogens with zero attached hydrogens (tertiary/aromatic N) is 4. The van der Waals surface area contributed by atoms with Crippen LogP contribution in [0.1, 0.15) is 122 Å². The van der Waals surface area contributed by atoms with Gasteiger partial charge in [-0.1, -0.05) is 91.8 Å². The van der Waals surface area contributed by atoms with E-state index in [-0.39, 0.29) is 12.4 Å². The van der Waals surface area contributed by atoms with E-state index in [0.29, 0.717) is 23.7 Å². The van der Waals surface area contributed by atoms with Crippen LogP contribution in [0, 0.1) is 0 Å². The lowest BCUT2D eigenvalue weighted by molar-refractivity contribution is 0.211. The van der Waals surface area contributed by atoms with E-state index in [1.807, 2.05) is 0 Å². The highest BCUT2D eigenvalue weighted by atomic mass is 35.5. The monoisotopic (exact) mass is 524 g/mol. The van der Waals surface area contributed by atoms with Crippen LogP contribution in [0.5, 0.6) is 0 Å². The van der Waals surface area contributed by atoms with Crippen molar-refractivity contribution < 1.29 is 0 Å². The molecule has 0 saturated carbocycles. The van der Waals surface area contributed by atoms with E-state index in [0.717, 1.165) is 49.2 Å². The summed E-state index contributed by atoms with van der Waals surface area (Å²) in [5, 5.41) is 0. The molecule has 2 aromatic carbocycles. The van der Waals surface area contributed by atoms with Crippen LogP contribution in [-0.4, -0.2) is 41.2 Å². The van der Waals surface area contributed by atoms with Gasteiger partial charge in [-0.05, 0) is 66.2 Å². The van der Waals surface area contributed by atoms with E-state index in [1.165, 1.54) is 22.3 Å². The first-order valence-corrected chi connectivity index (χ1v) is 13.9. The zero-order valence-electron chi connectivity index (χ0n) is 24.8. The largest absolute Gasteiger partial charge is 0.342 e. The summed E-state index contributed by atoms with van der Waals surface area (Å²) < 4.78 is 0. The highest BCUT2D eigenvalue weighted by molar-refractivity contribution is 5.86. The minimum atomic E-state index is 0. The van der Waals surface area contributed by atoms with Crippen LogP contribution in [0.3, 0.4) is 0 Å². The lowest BCUT2D eigenvalue weighted by Gasteiger charge is -2.38. The Bertz CT molecular complexity index is 960. The molecule has 1 fully saturated rings. The van der Waals surface area contributed by atoms with E-state index in [1.54, 1.807) is 0 Å². The second-order valence-corrected chi connectivity index (χ2v) is 11.5. The molecule has 0 spiro atoms. The number of amidine groups is 2. The smallest absolute Gasteiger partial charge is 0.103 e. The molecule has 0 unspecified atom stereocenters. The second-order valence-electron chi connectivity index (χ2n) is 11.5. The van der Waals surface area contributed by atoms with Crippen LogP contribution in [0.25, 0.3) is 0 Å². The maximum absolute atomic E-state index is 5.25. The maximum atomic E-state index is 5.25. The summed E-state index contributed by atoms with van der Waals surface area (Å²) in [6.07, 6.45) is 1.10. The fourth-order valence-electron chi connectivity index (χ4n) is 5.07. The van der Waals surface area contributed by atoms with Gasteiger partial charge < -0.3 is 9.80 Å². The Balaban J connectivity index is 0.00000481. The Kier molecular flexibility index (Phi) is 11.2. The van der Waals surface area contributed by atoms with Crippen LogP contribution >= 0.6 is 12.4 Å². The lowest BCUT2D eigenvalue weighted by Crippen LogP contribution is -2.48. The molecule has 37 heavy (non-hydrogen) atoms. The van der Waals surface area contributed by atoms with Gasteiger partial charge in [0.05, 0.1) is 18.0 Å². The first-order chi connectivity index (χ1) is 17.0. The van der Waals surface area contributed by atoms with Crippen molar-refractivity contribution in [2.24, 2.45) is 9.98 Å². The molecule has 0 N–H and O–H groups in total. The SMILES string of the molecule is CC(=Nc1c(C(C)C)cccc1C(C)C)N1CCCN(C(C)=Nc2c(C(C)C)cccc2C(C)C)C1.Cl. The Labute approximate surface area is 232 Å². The predicted molar refractivity (Wildman–Crippen MR) is 165 cm³/mol. The Morgan fingerprint density at radius 3 is 1.16 bits per heavy atom. The summed E-state index contributed by atoms with van der Waals surface area (Å²) >= 11 is 0. The second kappa shape index (κ2) is 13.5. The third-order valence-corrected chi connectivity index (χ3v) is 7.34. The van der Waals surface area contributed by atoms with Gasteiger partial charge in [0.25, 0.3) is 0 Å². The summed E-state index contributed by atoms with van der Waals surface area (Å²) in [5.41, 5.74) is 7.65. The summed E-state index contributed by atoms with van der Waals surface area (Å²) in [7, 11) is 0. The molecule has 0 atom stereocenters. The van der Waals surface area contributed by atoms with Crippen LogP contribution in [0.15, 0.2) is 46.4 Å². The Morgan fingerprint density at radius 1 is 0.595 bits per heavy atom. The number of benzene rings is 2. The van der Waals surface area contributed by atoms with Crippen LogP contribution < -0.4 is 0 Å². The van der Waals surface area contributed by atoms with Crippen LogP contribution in [-0.2, 0) is 0 Å². The van der Waals surface area contributed by atoms with Crippen molar-refractivity contribution >= 4 is 35.5 Å². The molecule has 0 aliphatic carbocycles. The summed E-state index contributed by atoms with van der Waals surface area (Å²) in [6, 6.07) is 13.3. The van der Waals surface area contributed by atoms with Gasteiger partial charge >= 0.3 is 0 Å². The zero-order chi connectivity index (χ0) is 26.6. The molecular weight excluding hydrogens is 476 g/mol. The molecule has 0 amide bonds. The van der Waals surface area contributed by atoms with Gasteiger partial charge in [0.15, 0.2) is 0 Å². The molecule has 3 rings (SSSR count). The fraction of sp³-hybridized carbons (Fsp3) is 0.562. The number of hydrogen-bond acceptors (Lipinski definition) is 2. The molecule has 0 bridgehead atoms. The first-order valence-electron chi connectivity index (χ1n) is 13.9. The molecule has 1 aliphatic heterocycles. The van der Waals surface area contributed by atoms with E-state index in [2.05, 4.69) is 115 Å². The topological polar surface area (TPSA) is 31.2 Å². The summed E-state index contributed by atoms with van der Waals surface area (Å²) in [4.78, 5) is 15.3. The van der Waals surface area contributed by atoms with Gasteiger partial charge in [0.2, 0.25) is 0 Å². The molecule has 0 radical (unpaired) electrons. The van der Waals surface area contributed by atoms with E-state index >= 15 is 0 Å². The van der Waals surface area contributed by atoms with Crippen LogP contribution in [0.4, 0.5) is 11.4 Å². The van der Waals surface area contributed by atoms with Crippen LogP contribution in [0.2, 0.25) is 0 Å². The molecule has 4 nitrogen and oxygen atoms in total. The molecule has 1 saturated heterocycles. The van der Waals surface area contributed by atoms with Gasteiger partial charge in [0, 0.05) is 13.1 Å². The third-order valence-electron chi connectivity index (χ3n) is 7.34. The average Bonchev–Trinajstić information content (AvgIpc) is 2.83. The third kappa shape index (κ3) is 7.37. The number of rotatable bonds is 6. The number of aliphatic imine (C=N–C) groups is 2. The average molecular weight is 525 g/mol. The lowest BCUT2D eigenvalue weighted by atomic mass is 9.93. The van der Waals surface area contributed by atoms with Crippen molar-refractivity contribution in [1.82, 2.24) is 9.80 Å². The zero-order valence-corrected chi connectivity index (χ0v) is 25.6. The minimum absolute atomic E-state index is 0. The first kappa shape index (κ1) is 30.9. The van der Waals surface area contributed by atoms with Crippen molar-refractivity contribution in [2.75, 3.05) is 19.8 Å². The van der Waals surface area contributed by atoms with Crippen molar-refractivity contribution in [3.05, 3.63) is 58.7 Å². The highest BCUT2D eigenvalue weighted by Crippen LogP contribution is 2.36. The number of halogens is 1. The van der Waals surface area contributed by atoms with Gasteiger partial charge in [-0.15, -0.1) is 12.4 Å². The van der Waals surface area contributed by atoms with Gasteiger partial charge in [0.1, 0.15) is 11.7 Å². The molecule has 2 aromatic rings. The van der Waals surface area contributed by atoms with Gasteiger partial charge in [-0.3, -0.25) is 0 Å². The maximum Gasteiger partial charge on any atom is 0.103 e. The number of hydrogen-bond donors (Lipinski definition) is 0. The van der Waals surface area contributed by atoms with Gasteiger partial charge in [-0.2, -0.15) is 0 Å². The highest BCUT2D eigenvalue weighted by Gasteiger charge is 2.22. The van der Waals surface area contributed by atoms with E-state index < -0.39 is 0 Å². The normalized spacial score (nSPS) is 15.3. The molecule has 1 heterocycles. The standard InChI is InChI=1S/C32H48N4.ClH/c1-21(2)27-14-11-15-28(22(3)4)31(27)33-25(9)35-18-13-19-36(20-35)26(10)34-32-29(23(5)6)16-12-17-30(32)24(7)8;/h11-12,14-17,21-24H,13,18-20H2,1-10H3;1H. The minimum Gasteiger partial charge on any atom is -0.342 e. The van der Waals surface area contributed by atoms with E-state index in [9.17, 15) is 0 Å². The van der Waals surface area contributed by atoms with Crippen molar-refractivity contribution in [1.29, 1.82) is 0 Å². The van der Waals surface area contributed by atoms with Gasteiger partial charge in [-0.25, -0.2) is 9.98 Å². The fourth-order valence-corrected chi connectivity index (χ4v) is 5.07. The molecular formula is C32H49ClN4. The van der Waals surface area contributed by atoms with E-state index in [4.69, 9.17) is 9.98 Å². The summed E-state index contributed by atoms with van der Waals surface area (Å²) in [6.45, 7) is 25.3. The molecule has 1 aliphatic rings. The Morgan fingerprint density at radius 2 is 0.892 bits per heavy atom. The van der Waals surface area contributed by atoms with Crippen molar-refractivity contribution in [3.8, 4) is 0 Å². The summed E-state index contributed by atoms with van der Waals surface area (Å²) in [5.74, 6) is 3.95. The van der Waals surface area contributed by atoms with Crippen molar-refractivity contribution in [2.45, 2.75) is 99.3 Å². The predicted octanol–water partition coefficient (Wildman–Crippen LogP) is 9.37. The molecule has 0 aromatic heterocycles. The quantitative estimate of drug-likeness (QED) is 0.278. The number of para-hydroxylation sites is 2. The molecule has 5 heteroatoms. The van der Waals surface area contributed by atoms with Crippen molar-refractivity contribution in [3.63, 3.8) is 0 Å². The Hall–Kier alpha value is -2.33. The molecule has 204 valence electrons.